The number of pyridine rings is 1. The summed E-state index contributed by atoms with van der Waals surface area (Å²) in [5, 5.41) is 11.4. The van der Waals surface area contributed by atoms with Crippen molar-refractivity contribution in [3.63, 3.8) is 0 Å². The van der Waals surface area contributed by atoms with Crippen LogP contribution in [0.3, 0.4) is 0 Å². The molecule has 20 heavy (non-hydrogen) atoms. The first-order valence-electron chi connectivity index (χ1n) is 5.68. The average molecular weight is 332 g/mol. The third kappa shape index (κ3) is 6.09. The maximum absolute atomic E-state index is 10.9. The van der Waals surface area contributed by atoms with E-state index in [-0.39, 0.29) is 6.03 Å². The number of nitrogens with one attached hydrogen (secondary N) is 4. The largest absolute Gasteiger partial charge is 0.372 e. The van der Waals surface area contributed by atoms with Crippen molar-refractivity contribution in [2.75, 3.05) is 25.5 Å². The highest BCUT2D eigenvalue weighted by molar-refractivity contribution is 7.89. The molecule has 0 unspecified atom stereocenters. The Morgan fingerprint density at radius 1 is 1.25 bits per heavy atom. The molecule has 0 fully saturated rings. The minimum Gasteiger partial charge on any atom is -0.372 e. The molecule has 0 atom stereocenters. The Morgan fingerprint density at radius 2 is 1.95 bits per heavy atom. The van der Waals surface area contributed by atoms with E-state index in [4.69, 9.17) is 36.0 Å². The molecule has 9 heteroatoms. The van der Waals surface area contributed by atoms with Crippen molar-refractivity contribution in [3.8, 4) is 0 Å². The molecule has 108 valence electrons. The van der Waals surface area contributed by atoms with Crippen molar-refractivity contribution in [3.05, 3.63) is 23.5 Å². The summed E-state index contributed by atoms with van der Waals surface area (Å²) in [6.45, 7) is 0.906. The summed E-state index contributed by atoms with van der Waals surface area (Å²) >= 11 is 16.1. The Bertz CT molecular complexity index is 511. The van der Waals surface area contributed by atoms with E-state index in [9.17, 15) is 4.79 Å². The molecule has 0 radical (unpaired) electrons. The zero-order valence-corrected chi connectivity index (χ0v) is 13.1. The van der Waals surface area contributed by atoms with Gasteiger partial charge in [-0.2, -0.15) is 0 Å². The lowest BCUT2D eigenvalue weighted by Crippen LogP contribution is -2.40. The van der Waals surface area contributed by atoms with E-state index < -0.39 is 0 Å². The molecule has 0 saturated carbocycles. The van der Waals surface area contributed by atoms with Gasteiger partial charge in [-0.15, -0.1) is 0 Å². The van der Waals surface area contributed by atoms with Crippen molar-refractivity contribution in [2.45, 2.75) is 0 Å². The fraction of sp³-hybridized carbons (Fsp3) is 0.273. The average Bonchev–Trinajstić information content (AvgIpc) is 2.42. The van der Waals surface area contributed by atoms with Crippen LogP contribution in [-0.2, 0) is 0 Å². The first-order valence-corrected chi connectivity index (χ1v) is 6.87. The molecule has 0 saturated heterocycles. The van der Waals surface area contributed by atoms with Gasteiger partial charge in [-0.05, 0) is 6.07 Å². The van der Waals surface area contributed by atoms with Gasteiger partial charge in [0, 0.05) is 26.3 Å². The van der Waals surface area contributed by atoms with E-state index >= 15 is 0 Å². The van der Waals surface area contributed by atoms with Crippen LogP contribution in [0.15, 0.2) is 18.5 Å². The number of thiocarbonyl (C=S) groups is 2. The summed E-state index contributed by atoms with van der Waals surface area (Å²) in [7, 11) is 1.55. The number of rotatable bonds is 4. The van der Waals surface area contributed by atoms with Crippen LogP contribution in [0.25, 0.3) is 0 Å². The van der Waals surface area contributed by atoms with E-state index in [0.717, 1.165) is 0 Å². The smallest absolute Gasteiger partial charge is 0.314 e. The number of amides is 2. The summed E-state index contributed by atoms with van der Waals surface area (Å²) < 4.78 is 0. The van der Waals surface area contributed by atoms with E-state index in [1.54, 1.807) is 19.3 Å². The third-order valence-corrected chi connectivity index (χ3v) is 3.08. The Kier molecular flexibility index (Phi) is 7.13. The number of halogens is 1. The Morgan fingerprint density at radius 3 is 2.60 bits per heavy atom. The van der Waals surface area contributed by atoms with Gasteiger partial charge in [0.25, 0.3) is 0 Å². The zero-order valence-electron chi connectivity index (χ0n) is 10.7. The van der Waals surface area contributed by atoms with Crippen LogP contribution in [0.5, 0.6) is 0 Å². The van der Waals surface area contributed by atoms with Gasteiger partial charge in [0.1, 0.15) is 9.98 Å². The van der Waals surface area contributed by atoms with Gasteiger partial charge in [0.05, 0.1) is 16.9 Å². The number of carbonyl (C=O) groups excluding carboxylic acids is 1. The molecule has 0 aliphatic heterocycles. The predicted octanol–water partition coefficient (Wildman–Crippen LogP) is 1.32. The second-order valence-corrected chi connectivity index (χ2v) is 4.86. The van der Waals surface area contributed by atoms with E-state index in [0.29, 0.717) is 33.8 Å². The second kappa shape index (κ2) is 8.62. The van der Waals surface area contributed by atoms with Crippen LogP contribution in [0.4, 0.5) is 10.5 Å². The molecule has 0 bridgehead atoms. The molecule has 1 heterocycles. The normalized spacial score (nSPS) is 9.50. The molecule has 0 aromatic carbocycles. The lowest BCUT2D eigenvalue weighted by Gasteiger charge is -2.11. The molecule has 6 nitrogen and oxygen atoms in total. The van der Waals surface area contributed by atoms with Crippen LogP contribution in [0.2, 0.25) is 5.02 Å². The van der Waals surface area contributed by atoms with Crippen molar-refractivity contribution in [1.29, 1.82) is 0 Å². The highest BCUT2D eigenvalue weighted by Crippen LogP contribution is 2.12. The fourth-order valence-corrected chi connectivity index (χ4v) is 1.71. The Labute approximate surface area is 132 Å². The molecule has 0 aliphatic carbocycles. The minimum atomic E-state index is -0.247. The number of hydrogen-bond acceptors (Lipinski definition) is 4. The topological polar surface area (TPSA) is 78.1 Å². The van der Waals surface area contributed by atoms with Gasteiger partial charge < -0.3 is 21.3 Å². The summed E-state index contributed by atoms with van der Waals surface area (Å²) in [6, 6.07) is 1.44. The highest BCUT2D eigenvalue weighted by atomic mass is 35.5. The maximum Gasteiger partial charge on any atom is 0.314 e. The zero-order chi connectivity index (χ0) is 15.0. The summed E-state index contributed by atoms with van der Waals surface area (Å²) in [6.07, 6.45) is 3.12. The molecular weight excluding hydrogens is 318 g/mol. The lowest BCUT2D eigenvalue weighted by molar-refractivity contribution is 0.243. The number of aromatic nitrogens is 1. The first kappa shape index (κ1) is 16.5. The van der Waals surface area contributed by atoms with Gasteiger partial charge in [-0.25, -0.2) is 4.79 Å². The van der Waals surface area contributed by atoms with Gasteiger partial charge in [-0.1, -0.05) is 36.0 Å². The van der Waals surface area contributed by atoms with Crippen LogP contribution >= 0.6 is 36.0 Å². The molecule has 2 amide bonds. The van der Waals surface area contributed by atoms with Gasteiger partial charge in [0.2, 0.25) is 0 Å². The Hall–Kier alpha value is -1.51. The van der Waals surface area contributed by atoms with Gasteiger partial charge in [0.15, 0.2) is 0 Å². The fourth-order valence-electron chi connectivity index (χ4n) is 1.19. The SMILES string of the molecule is CNC(=O)NCCNC(=S)C(=S)Nc1cncc(Cl)c1. The molecule has 1 rings (SSSR count). The number of hydrogen-bond donors (Lipinski definition) is 4. The van der Waals surface area contributed by atoms with E-state index in [2.05, 4.69) is 26.3 Å². The minimum absolute atomic E-state index is 0.247. The number of anilines is 1. The van der Waals surface area contributed by atoms with Crippen LogP contribution in [-0.4, -0.2) is 41.1 Å². The molecule has 1 aromatic rings. The summed E-state index contributed by atoms with van der Waals surface area (Å²) in [4.78, 5) is 15.6. The summed E-state index contributed by atoms with van der Waals surface area (Å²) in [5.41, 5.74) is 0.662. The molecule has 0 spiro atoms. The van der Waals surface area contributed by atoms with E-state index in [1.807, 2.05) is 0 Å². The van der Waals surface area contributed by atoms with Crippen LogP contribution in [0.1, 0.15) is 0 Å². The maximum atomic E-state index is 10.9. The van der Waals surface area contributed by atoms with Crippen LogP contribution in [0, 0.1) is 0 Å². The van der Waals surface area contributed by atoms with E-state index in [1.165, 1.54) is 6.20 Å². The quantitative estimate of drug-likeness (QED) is 0.492. The van der Waals surface area contributed by atoms with Gasteiger partial charge in [-0.3, -0.25) is 4.98 Å². The van der Waals surface area contributed by atoms with Crippen molar-refractivity contribution >= 4 is 57.7 Å². The third-order valence-electron chi connectivity index (χ3n) is 2.09. The van der Waals surface area contributed by atoms with Crippen LogP contribution < -0.4 is 21.3 Å². The number of urea groups is 1. The summed E-state index contributed by atoms with van der Waals surface area (Å²) in [5.74, 6) is 0. The predicted molar refractivity (Wildman–Crippen MR) is 88.5 cm³/mol. The standard InChI is InChI=1S/C11H14ClN5OS2/c1-13-11(18)16-3-2-15-9(19)10(20)17-8-4-7(12)5-14-6-8/h4-6H,2-3H2,1H3,(H,15,19)(H,17,20)(H2,13,16,18). The number of carbonyl (C=O) groups is 1. The monoisotopic (exact) mass is 331 g/mol. The molecule has 0 aliphatic rings. The Balaban J connectivity index is 2.33. The molecule has 4 N–H and O–H groups in total. The lowest BCUT2D eigenvalue weighted by atomic mass is 10.4. The number of nitrogens with zero attached hydrogens (tertiary/aromatic N) is 1. The molecular formula is C11H14ClN5OS2. The van der Waals surface area contributed by atoms with Gasteiger partial charge >= 0.3 is 6.03 Å². The highest BCUT2D eigenvalue weighted by Gasteiger charge is 2.05. The first-order chi connectivity index (χ1) is 9.52. The van der Waals surface area contributed by atoms with Crippen molar-refractivity contribution in [2.24, 2.45) is 0 Å². The van der Waals surface area contributed by atoms with Crippen molar-refractivity contribution < 1.29 is 4.79 Å². The second-order valence-electron chi connectivity index (χ2n) is 3.61. The molecule has 1 aromatic heterocycles. The van der Waals surface area contributed by atoms with Crippen molar-refractivity contribution in [1.82, 2.24) is 20.9 Å².